The Labute approximate surface area is 139 Å². The molecule has 24 heavy (non-hydrogen) atoms. The van der Waals surface area contributed by atoms with E-state index in [0.29, 0.717) is 11.1 Å². The normalized spacial score (nSPS) is 12.9. The summed E-state index contributed by atoms with van der Waals surface area (Å²) in [6.45, 7) is 1.45. The van der Waals surface area contributed by atoms with Crippen molar-refractivity contribution in [1.29, 1.82) is 0 Å². The highest BCUT2D eigenvalue weighted by atomic mass is 16.6. The van der Waals surface area contributed by atoms with Crippen molar-refractivity contribution in [3.8, 4) is 0 Å². The fraction of sp³-hybridized carbons (Fsp3) is 0.222. The molecule has 2 rings (SSSR count). The van der Waals surface area contributed by atoms with Crippen LogP contribution in [0.25, 0.3) is 0 Å². The van der Waals surface area contributed by atoms with Crippen LogP contribution in [0.1, 0.15) is 22.8 Å². The molecule has 1 unspecified atom stereocenters. The van der Waals surface area contributed by atoms with Crippen LogP contribution in [0.5, 0.6) is 0 Å². The zero-order valence-corrected chi connectivity index (χ0v) is 13.4. The van der Waals surface area contributed by atoms with Gasteiger partial charge in [-0.15, -0.1) is 0 Å². The van der Waals surface area contributed by atoms with Gasteiger partial charge in [0.2, 0.25) is 0 Å². The second-order valence-electron chi connectivity index (χ2n) is 5.58. The Balaban J connectivity index is 2.48. The second kappa shape index (κ2) is 7.04. The number of hydrogen-bond donors (Lipinski definition) is 0. The van der Waals surface area contributed by atoms with Gasteiger partial charge in [0, 0.05) is 23.6 Å². The van der Waals surface area contributed by atoms with Crippen LogP contribution in [0, 0.1) is 15.5 Å². The minimum Gasteiger partial charge on any atom is -0.468 e. The molecule has 0 radical (unpaired) electrons. The van der Waals surface area contributed by atoms with E-state index in [1.165, 1.54) is 32.2 Å². The summed E-state index contributed by atoms with van der Waals surface area (Å²) in [7, 11) is 1.19. The second-order valence-corrected chi connectivity index (χ2v) is 5.58. The summed E-state index contributed by atoms with van der Waals surface area (Å²) < 4.78 is 4.80. The Kier molecular flexibility index (Phi) is 5.08. The molecule has 0 spiro atoms. The third kappa shape index (κ3) is 3.32. The number of ether oxygens (including phenoxy) is 1. The number of carbonyl (C=O) groups is 2. The average molecular weight is 327 g/mol. The van der Waals surface area contributed by atoms with Gasteiger partial charge in [0.25, 0.3) is 5.69 Å². The van der Waals surface area contributed by atoms with Crippen LogP contribution in [0.15, 0.2) is 54.6 Å². The van der Waals surface area contributed by atoms with Crippen molar-refractivity contribution in [2.24, 2.45) is 5.41 Å². The Bertz CT molecular complexity index is 772. The first-order chi connectivity index (χ1) is 11.4. The molecule has 1 atom stereocenters. The fourth-order valence-electron chi connectivity index (χ4n) is 2.60. The van der Waals surface area contributed by atoms with E-state index in [1.807, 2.05) is 0 Å². The number of ketones is 1. The summed E-state index contributed by atoms with van der Waals surface area (Å²) >= 11 is 0. The van der Waals surface area contributed by atoms with Gasteiger partial charge < -0.3 is 4.74 Å². The van der Waals surface area contributed by atoms with Gasteiger partial charge >= 0.3 is 5.97 Å². The summed E-state index contributed by atoms with van der Waals surface area (Å²) in [6.07, 6.45) is -0.120. The van der Waals surface area contributed by atoms with Crippen molar-refractivity contribution in [2.75, 3.05) is 7.11 Å². The molecule has 0 aliphatic heterocycles. The molecular weight excluding hydrogens is 310 g/mol. The number of nitrogens with zero attached hydrogens (tertiary/aromatic N) is 1. The molecule has 0 N–H and O–H groups in total. The van der Waals surface area contributed by atoms with Crippen LogP contribution in [-0.2, 0) is 16.0 Å². The molecule has 0 aromatic heterocycles. The first-order valence-electron chi connectivity index (χ1n) is 7.30. The maximum absolute atomic E-state index is 12.9. The molecule has 6 heteroatoms. The number of rotatable bonds is 6. The minimum absolute atomic E-state index is 0.120. The maximum Gasteiger partial charge on any atom is 0.319 e. The first-order valence-corrected chi connectivity index (χ1v) is 7.30. The number of esters is 1. The molecule has 6 nitrogen and oxygen atoms in total. The number of nitro groups is 1. The number of hydrogen-bond acceptors (Lipinski definition) is 5. The van der Waals surface area contributed by atoms with Crippen LogP contribution in [0.3, 0.4) is 0 Å². The molecule has 0 saturated heterocycles. The van der Waals surface area contributed by atoms with E-state index in [0.717, 1.165) is 0 Å². The van der Waals surface area contributed by atoms with Crippen molar-refractivity contribution in [1.82, 2.24) is 0 Å². The van der Waals surface area contributed by atoms with Gasteiger partial charge in [0.1, 0.15) is 5.41 Å². The van der Waals surface area contributed by atoms with Gasteiger partial charge in [-0.1, -0.05) is 48.5 Å². The number of carbonyl (C=O) groups excluding carboxylic acids is 2. The minimum atomic E-state index is -1.55. The van der Waals surface area contributed by atoms with Crippen LogP contribution in [-0.4, -0.2) is 23.8 Å². The lowest BCUT2D eigenvalue weighted by atomic mass is 9.77. The van der Waals surface area contributed by atoms with Crippen molar-refractivity contribution in [2.45, 2.75) is 13.3 Å². The highest BCUT2D eigenvalue weighted by Crippen LogP contribution is 2.32. The third-order valence-electron chi connectivity index (χ3n) is 3.91. The van der Waals surface area contributed by atoms with E-state index >= 15 is 0 Å². The Morgan fingerprint density at radius 1 is 1.08 bits per heavy atom. The summed E-state index contributed by atoms with van der Waals surface area (Å²) in [4.78, 5) is 35.9. The molecule has 2 aromatic carbocycles. The topological polar surface area (TPSA) is 86.5 Å². The van der Waals surface area contributed by atoms with Gasteiger partial charge in [-0.2, -0.15) is 0 Å². The number of nitro benzene ring substituents is 1. The van der Waals surface area contributed by atoms with E-state index in [4.69, 9.17) is 4.74 Å². The maximum atomic E-state index is 12.9. The van der Waals surface area contributed by atoms with Gasteiger partial charge in [-0.05, 0) is 6.92 Å². The van der Waals surface area contributed by atoms with Crippen molar-refractivity contribution >= 4 is 17.4 Å². The third-order valence-corrected chi connectivity index (χ3v) is 3.91. The van der Waals surface area contributed by atoms with Crippen LogP contribution >= 0.6 is 0 Å². The van der Waals surface area contributed by atoms with Crippen molar-refractivity contribution in [3.05, 3.63) is 75.8 Å². The molecule has 2 aromatic rings. The number of para-hydroxylation sites is 1. The quantitative estimate of drug-likeness (QED) is 0.267. The number of benzene rings is 2. The highest BCUT2D eigenvalue weighted by Gasteiger charge is 2.44. The predicted molar refractivity (Wildman–Crippen MR) is 87.7 cm³/mol. The van der Waals surface area contributed by atoms with Crippen LogP contribution in [0.4, 0.5) is 5.69 Å². The van der Waals surface area contributed by atoms with Crippen LogP contribution < -0.4 is 0 Å². The lowest BCUT2D eigenvalue weighted by molar-refractivity contribution is -0.385. The average Bonchev–Trinajstić information content (AvgIpc) is 2.61. The summed E-state index contributed by atoms with van der Waals surface area (Å²) in [5.41, 5.74) is -1.03. The van der Waals surface area contributed by atoms with E-state index in [-0.39, 0.29) is 12.1 Å². The van der Waals surface area contributed by atoms with Gasteiger partial charge in [-0.3, -0.25) is 19.7 Å². The Hall–Kier alpha value is -3.02. The molecule has 0 aliphatic carbocycles. The van der Waals surface area contributed by atoms with Crippen molar-refractivity contribution < 1.29 is 19.2 Å². The highest BCUT2D eigenvalue weighted by molar-refractivity contribution is 6.12. The summed E-state index contributed by atoms with van der Waals surface area (Å²) in [5, 5.41) is 11.2. The van der Waals surface area contributed by atoms with Gasteiger partial charge in [-0.25, -0.2) is 0 Å². The molecular formula is C18H17NO5. The molecule has 0 amide bonds. The lowest BCUT2D eigenvalue weighted by Gasteiger charge is -2.25. The number of Topliss-reactive ketones (excluding diaryl/α,β-unsaturated/α-hetero) is 1. The predicted octanol–water partition coefficient (Wildman–Crippen LogP) is 3.20. The summed E-state index contributed by atoms with van der Waals surface area (Å²) in [6, 6.07) is 14.4. The summed E-state index contributed by atoms with van der Waals surface area (Å²) in [5.74, 6) is -1.16. The molecule has 0 bridgehead atoms. The lowest BCUT2D eigenvalue weighted by Crippen LogP contribution is -2.39. The Morgan fingerprint density at radius 3 is 2.25 bits per heavy atom. The fourth-order valence-corrected chi connectivity index (χ4v) is 2.60. The Morgan fingerprint density at radius 2 is 1.67 bits per heavy atom. The molecule has 124 valence electrons. The zero-order chi connectivity index (χ0) is 17.7. The molecule has 0 saturated carbocycles. The SMILES string of the molecule is COC(=O)C(C)(Cc1ccccc1[N+](=O)[O-])C(=O)c1ccccc1. The molecule has 0 heterocycles. The van der Waals surface area contributed by atoms with E-state index in [1.54, 1.807) is 36.4 Å². The smallest absolute Gasteiger partial charge is 0.319 e. The largest absolute Gasteiger partial charge is 0.468 e. The molecule has 0 fully saturated rings. The van der Waals surface area contributed by atoms with E-state index < -0.39 is 22.1 Å². The first kappa shape index (κ1) is 17.3. The van der Waals surface area contributed by atoms with Crippen molar-refractivity contribution in [3.63, 3.8) is 0 Å². The van der Waals surface area contributed by atoms with E-state index in [2.05, 4.69) is 0 Å². The standard InChI is InChI=1S/C18H17NO5/c1-18(17(21)24-2,16(20)13-8-4-3-5-9-13)12-14-10-6-7-11-15(14)19(22)23/h3-11H,12H2,1-2H3. The van der Waals surface area contributed by atoms with Gasteiger partial charge in [0.15, 0.2) is 5.78 Å². The molecule has 0 aliphatic rings. The van der Waals surface area contributed by atoms with E-state index in [9.17, 15) is 19.7 Å². The van der Waals surface area contributed by atoms with Gasteiger partial charge in [0.05, 0.1) is 12.0 Å². The zero-order valence-electron chi connectivity index (χ0n) is 13.4. The monoisotopic (exact) mass is 327 g/mol. The van der Waals surface area contributed by atoms with Crippen LogP contribution in [0.2, 0.25) is 0 Å². The number of methoxy groups -OCH3 is 1.